The van der Waals surface area contributed by atoms with Crippen molar-refractivity contribution in [2.24, 2.45) is 4.99 Å². The average molecular weight is 134 g/mol. The molecular formula is C6H6N4. The summed E-state index contributed by atoms with van der Waals surface area (Å²) in [5.74, 6) is 0. The van der Waals surface area contributed by atoms with E-state index in [0.717, 1.165) is 10.7 Å². The Morgan fingerprint density at radius 1 is 1.40 bits per heavy atom. The van der Waals surface area contributed by atoms with Crippen molar-refractivity contribution >= 4 is 18.7 Å². The van der Waals surface area contributed by atoms with Gasteiger partial charge in [0.15, 0.2) is 0 Å². The summed E-state index contributed by atoms with van der Waals surface area (Å²) < 4.78 is 0. The Balaban J connectivity index is 2.82. The maximum absolute atomic E-state index is 4.02. The normalized spacial score (nSPS) is 14.0. The predicted octanol–water partition coefficient (Wildman–Crippen LogP) is -1.48. The topological polar surface area (TPSA) is 53.1 Å². The van der Waals surface area contributed by atoms with E-state index in [0.29, 0.717) is 0 Å². The van der Waals surface area contributed by atoms with Gasteiger partial charge in [0, 0.05) is 6.20 Å². The number of hydrogen-bond acceptors (Lipinski definition) is 3. The van der Waals surface area contributed by atoms with Crippen molar-refractivity contribution in [2.45, 2.75) is 0 Å². The summed E-state index contributed by atoms with van der Waals surface area (Å²) in [6.45, 7) is 0. The highest BCUT2D eigenvalue weighted by Gasteiger charge is 1.87. The lowest BCUT2D eigenvalue weighted by Crippen LogP contribution is -2.25. The number of fused-ring (bicyclic) bond motifs is 1. The van der Waals surface area contributed by atoms with Gasteiger partial charge in [-0.3, -0.25) is 0 Å². The summed E-state index contributed by atoms with van der Waals surface area (Å²) >= 11 is 0. The van der Waals surface area contributed by atoms with Crippen LogP contribution in [0.15, 0.2) is 11.3 Å². The van der Waals surface area contributed by atoms with Gasteiger partial charge in [-0.2, -0.15) is 0 Å². The van der Waals surface area contributed by atoms with E-state index in [1.165, 1.54) is 0 Å². The largest absolute Gasteiger partial charge is 0.351 e. The molecule has 0 saturated heterocycles. The van der Waals surface area contributed by atoms with Crippen LogP contribution in [-0.4, -0.2) is 16.3 Å². The van der Waals surface area contributed by atoms with E-state index in [1.54, 1.807) is 18.9 Å². The fourth-order valence-corrected chi connectivity index (χ4v) is 0.805. The summed E-state index contributed by atoms with van der Waals surface area (Å²) in [7, 11) is 0. The van der Waals surface area contributed by atoms with Crippen molar-refractivity contribution in [3.8, 4) is 0 Å². The van der Waals surface area contributed by atoms with Crippen LogP contribution >= 0.6 is 0 Å². The van der Waals surface area contributed by atoms with Gasteiger partial charge in [-0.1, -0.05) is 0 Å². The lowest BCUT2D eigenvalue weighted by molar-refractivity contribution is 1.27. The van der Waals surface area contributed by atoms with E-state index in [1.807, 2.05) is 6.20 Å². The fraction of sp³-hybridized carbons (Fsp3) is 0. The molecule has 0 fully saturated rings. The number of rotatable bonds is 0. The molecule has 0 amide bonds. The highest BCUT2D eigenvalue weighted by Crippen LogP contribution is 1.67. The fourth-order valence-electron chi connectivity index (χ4n) is 0.805. The third-order valence-corrected chi connectivity index (χ3v) is 1.27. The second-order valence-corrected chi connectivity index (χ2v) is 1.92. The molecule has 0 radical (unpaired) electrons. The Labute approximate surface area is 57.0 Å². The molecule has 4 heteroatoms. The van der Waals surface area contributed by atoms with Gasteiger partial charge >= 0.3 is 0 Å². The molecule has 0 aromatic carbocycles. The molecule has 0 bridgehead atoms. The van der Waals surface area contributed by atoms with Gasteiger partial charge < -0.3 is 10.3 Å². The molecule has 2 heterocycles. The quantitative estimate of drug-likeness (QED) is 0.454. The monoisotopic (exact) mass is 134 g/mol. The minimum atomic E-state index is 0.862. The van der Waals surface area contributed by atoms with Crippen LogP contribution in [0, 0.1) is 0 Å². The highest BCUT2D eigenvalue weighted by molar-refractivity contribution is 5.64. The molecule has 4 nitrogen and oxygen atoms in total. The van der Waals surface area contributed by atoms with Gasteiger partial charge in [-0.25, -0.2) is 9.98 Å². The number of aromatic amines is 1. The Morgan fingerprint density at radius 3 is 3.40 bits per heavy atom. The number of H-pyrrole nitrogens is 1. The van der Waals surface area contributed by atoms with E-state index in [2.05, 4.69) is 20.3 Å². The molecule has 50 valence electrons. The number of nitrogens with zero attached hydrogens (tertiary/aromatic N) is 2. The lowest BCUT2D eigenvalue weighted by Gasteiger charge is -1.79. The smallest absolute Gasteiger partial charge is 0.108 e. The van der Waals surface area contributed by atoms with E-state index in [9.17, 15) is 0 Å². The van der Waals surface area contributed by atoms with Crippen LogP contribution in [0.1, 0.15) is 0 Å². The first kappa shape index (κ1) is 5.22. The van der Waals surface area contributed by atoms with Crippen LogP contribution in [0.3, 0.4) is 0 Å². The number of aliphatic imine (C=N–C) groups is 1. The molecule has 0 unspecified atom stereocenters. The van der Waals surface area contributed by atoms with E-state index < -0.39 is 0 Å². The van der Waals surface area contributed by atoms with Crippen LogP contribution in [0.5, 0.6) is 0 Å². The van der Waals surface area contributed by atoms with Crippen LogP contribution in [0.2, 0.25) is 0 Å². The molecule has 10 heavy (non-hydrogen) atoms. The van der Waals surface area contributed by atoms with Crippen molar-refractivity contribution in [3.05, 3.63) is 17.0 Å². The summed E-state index contributed by atoms with van der Waals surface area (Å²) in [5, 5.41) is 4.69. The third-order valence-electron chi connectivity index (χ3n) is 1.27. The van der Waals surface area contributed by atoms with Gasteiger partial charge in [0.05, 0.1) is 24.2 Å². The van der Waals surface area contributed by atoms with Crippen LogP contribution in [0.4, 0.5) is 0 Å². The zero-order chi connectivity index (χ0) is 6.81. The molecule has 1 aromatic heterocycles. The zero-order valence-electron chi connectivity index (χ0n) is 5.20. The Morgan fingerprint density at radius 2 is 2.40 bits per heavy atom. The van der Waals surface area contributed by atoms with E-state index in [-0.39, 0.29) is 0 Å². The summed E-state index contributed by atoms with van der Waals surface area (Å²) in [6.07, 6.45) is 6.76. The number of nitrogens with one attached hydrogen (secondary N) is 2. The Kier molecular flexibility index (Phi) is 1.04. The van der Waals surface area contributed by atoms with E-state index >= 15 is 0 Å². The van der Waals surface area contributed by atoms with E-state index in [4.69, 9.17) is 0 Å². The average Bonchev–Trinajstić information content (AvgIpc) is 2.28. The first-order valence-corrected chi connectivity index (χ1v) is 2.94. The molecule has 0 atom stereocenters. The first-order chi connectivity index (χ1) is 4.97. The van der Waals surface area contributed by atoms with Gasteiger partial charge in [-0.05, 0) is 0 Å². The van der Waals surface area contributed by atoms with Crippen molar-refractivity contribution in [3.63, 3.8) is 0 Å². The molecule has 2 rings (SSSR count). The maximum Gasteiger partial charge on any atom is 0.108 e. The summed E-state index contributed by atoms with van der Waals surface area (Å²) in [6, 6.07) is 0. The summed E-state index contributed by atoms with van der Waals surface area (Å²) in [4.78, 5) is 10.9. The minimum absolute atomic E-state index is 0.862. The molecule has 0 saturated carbocycles. The Hall–Kier alpha value is -1.58. The second kappa shape index (κ2) is 1.98. The predicted molar refractivity (Wildman–Crippen MR) is 38.4 cm³/mol. The standard InChI is InChI=1S/C6H6N4/c1-5-6(10-4-9-5)2-8-3-7-1/h1-4H,(H,7,8)(H,9,10). The third kappa shape index (κ3) is 0.699. The number of imidazole rings is 1. The number of hydrogen-bond donors (Lipinski definition) is 2. The molecule has 1 aromatic rings. The van der Waals surface area contributed by atoms with Crippen LogP contribution in [-0.2, 0) is 0 Å². The molecule has 0 aliphatic carbocycles. The van der Waals surface area contributed by atoms with Gasteiger partial charge in [0.2, 0.25) is 0 Å². The zero-order valence-corrected chi connectivity index (χ0v) is 5.20. The van der Waals surface area contributed by atoms with Gasteiger partial charge in [-0.15, -0.1) is 0 Å². The Bertz CT molecular complexity index is 359. The second-order valence-electron chi connectivity index (χ2n) is 1.92. The molecule has 0 spiro atoms. The van der Waals surface area contributed by atoms with Crippen molar-refractivity contribution in [2.75, 3.05) is 0 Å². The summed E-state index contributed by atoms with van der Waals surface area (Å²) in [5.41, 5.74) is 0. The van der Waals surface area contributed by atoms with Gasteiger partial charge in [0.1, 0.15) is 5.35 Å². The van der Waals surface area contributed by atoms with Crippen molar-refractivity contribution < 1.29 is 0 Å². The molecule has 2 N–H and O–H groups in total. The first-order valence-electron chi connectivity index (χ1n) is 2.94. The molecule has 1 aliphatic heterocycles. The van der Waals surface area contributed by atoms with Crippen LogP contribution < -0.4 is 16.0 Å². The van der Waals surface area contributed by atoms with Crippen molar-refractivity contribution in [1.29, 1.82) is 0 Å². The molecule has 1 aliphatic rings. The maximum atomic E-state index is 4.02. The molecular weight excluding hydrogens is 128 g/mol. The van der Waals surface area contributed by atoms with Crippen LogP contribution in [0.25, 0.3) is 12.4 Å². The SMILES string of the molecule is C1=NC=c2nc[nH]c2=CN1. The lowest BCUT2D eigenvalue weighted by atomic mass is 10.6. The minimum Gasteiger partial charge on any atom is -0.351 e. The highest BCUT2D eigenvalue weighted by atomic mass is 15.0. The number of aromatic nitrogens is 2. The van der Waals surface area contributed by atoms with Crippen molar-refractivity contribution in [1.82, 2.24) is 15.3 Å². The van der Waals surface area contributed by atoms with Gasteiger partial charge in [0.25, 0.3) is 0 Å².